The molecule has 0 saturated heterocycles. The van der Waals surface area contributed by atoms with Gasteiger partial charge in [0.2, 0.25) is 0 Å². The zero-order chi connectivity index (χ0) is 19.0. The topological polar surface area (TPSA) is 54.7 Å². The highest BCUT2D eigenvalue weighted by molar-refractivity contribution is 5.99. The van der Waals surface area contributed by atoms with E-state index >= 15 is 0 Å². The van der Waals surface area contributed by atoms with Gasteiger partial charge in [-0.25, -0.2) is 8.78 Å². The van der Waals surface area contributed by atoms with Crippen LogP contribution in [0, 0.1) is 18.6 Å². The van der Waals surface area contributed by atoms with E-state index < -0.39 is 11.6 Å². The van der Waals surface area contributed by atoms with Crippen molar-refractivity contribution < 1.29 is 8.78 Å². The van der Waals surface area contributed by atoms with Crippen molar-refractivity contribution in [2.45, 2.75) is 26.2 Å². The first-order chi connectivity index (χ1) is 13.1. The summed E-state index contributed by atoms with van der Waals surface area (Å²) in [6.07, 6.45) is 2.42. The number of benzene rings is 2. The van der Waals surface area contributed by atoms with Gasteiger partial charge in [-0.1, -0.05) is 18.2 Å². The van der Waals surface area contributed by atoms with Crippen molar-refractivity contribution in [3.05, 3.63) is 65.4 Å². The molecule has 0 radical (unpaired) electrons. The number of rotatable bonds is 5. The molecule has 0 aliphatic carbocycles. The summed E-state index contributed by atoms with van der Waals surface area (Å²) in [7, 11) is 0. The molecule has 0 atom stereocenters. The minimum atomic E-state index is -0.578. The predicted molar refractivity (Wildman–Crippen MR) is 106 cm³/mol. The SMILES string of the molecule is Cc1ccc2c(-c3[nH]c4c(F)cc(F)cc4c3CCCCN)cccc2n1. The molecule has 138 valence electrons. The summed E-state index contributed by atoms with van der Waals surface area (Å²) >= 11 is 0. The minimum absolute atomic E-state index is 0.339. The third-order valence-corrected chi connectivity index (χ3v) is 4.95. The molecule has 0 aliphatic heterocycles. The maximum absolute atomic E-state index is 14.4. The molecule has 0 spiro atoms. The molecule has 3 N–H and O–H groups in total. The smallest absolute Gasteiger partial charge is 0.150 e. The van der Waals surface area contributed by atoms with Crippen LogP contribution in [0.3, 0.4) is 0 Å². The van der Waals surface area contributed by atoms with Gasteiger partial charge in [0.1, 0.15) is 11.6 Å². The number of halogens is 2. The second kappa shape index (κ2) is 7.08. The van der Waals surface area contributed by atoms with Crippen LogP contribution in [0.5, 0.6) is 0 Å². The molecule has 2 aromatic carbocycles. The highest BCUT2D eigenvalue weighted by Gasteiger charge is 2.18. The highest BCUT2D eigenvalue weighted by atomic mass is 19.1. The van der Waals surface area contributed by atoms with Crippen LogP contribution >= 0.6 is 0 Å². The number of pyridine rings is 1. The third kappa shape index (κ3) is 3.19. The van der Waals surface area contributed by atoms with Crippen molar-refractivity contribution in [1.29, 1.82) is 0 Å². The average Bonchev–Trinajstić information content (AvgIpc) is 3.00. The second-order valence-corrected chi connectivity index (χ2v) is 6.86. The summed E-state index contributed by atoms with van der Waals surface area (Å²) in [6.45, 7) is 2.54. The van der Waals surface area contributed by atoms with E-state index in [2.05, 4.69) is 9.97 Å². The summed E-state index contributed by atoms with van der Waals surface area (Å²) in [5.41, 5.74) is 10.5. The molecule has 0 unspecified atom stereocenters. The van der Waals surface area contributed by atoms with Gasteiger partial charge in [0, 0.05) is 28.1 Å². The van der Waals surface area contributed by atoms with Crippen LogP contribution in [0.4, 0.5) is 8.78 Å². The molecule has 5 heteroatoms. The molecule has 0 fully saturated rings. The van der Waals surface area contributed by atoms with Crippen molar-refractivity contribution in [2.24, 2.45) is 5.73 Å². The normalized spacial score (nSPS) is 11.6. The Morgan fingerprint density at radius 2 is 1.89 bits per heavy atom. The van der Waals surface area contributed by atoms with E-state index in [4.69, 9.17) is 5.73 Å². The molecule has 4 rings (SSSR count). The fourth-order valence-corrected chi connectivity index (χ4v) is 3.68. The Morgan fingerprint density at radius 3 is 2.70 bits per heavy atom. The number of hydrogen-bond donors (Lipinski definition) is 2. The average molecular weight is 365 g/mol. The van der Waals surface area contributed by atoms with E-state index in [1.807, 2.05) is 37.3 Å². The van der Waals surface area contributed by atoms with Gasteiger partial charge in [-0.3, -0.25) is 4.98 Å². The van der Waals surface area contributed by atoms with Gasteiger partial charge in [-0.2, -0.15) is 0 Å². The second-order valence-electron chi connectivity index (χ2n) is 6.86. The highest BCUT2D eigenvalue weighted by Crippen LogP contribution is 2.36. The van der Waals surface area contributed by atoms with Crippen LogP contribution in [0.25, 0.3) is 33.1 Å². The zero-order valence-corrected chi connectivity index (χ0v) is 15.2. The van der Waals surface area contributed by atoms with Crippen LogP contribution in [0.15, 0.2) is 42.5 Å². The van der Waals surface area contributed by atoms with E-state index in [1.54, 1.807) is 0 Å². The Hall–Kier alpha value is -2.79. The van der Waals surface area contributed by atoms with Gasteiger partial charge < -0.3 is 10.7 Å². The molecule has 2 heterocycles. The zero-order valence-electron chi connectivity index (χ0n) is 15.2. The number of aromatic amines is 1. The first-order valence-corrected chi connectivity index (χ1v) is 9.15. The van der Waals surface area contributed by atoms with E-state index in [9.17, 15) is 8.78 Å². The van der Waals surface area contributed by atoms with E-state index in [-0.39, 0.29) is 0 Å². The Balaban J connectivity index is 1.98. The van der Waals surface area contributed by atoms with Gasteiger partial charge in [0.25, 0.3) is 0 Å². The van der Waals surface area contributed by atoms with Crippen molar-refractivity contribution in [1.82, 2.24) is 9.97 Å². The molecule has 2 aromatic heterocycles. The number of aryl methyl sites for hydroxylation is 2. The van der Waals surface area contributed by atoms with Crippen molar-refractivity contribution in [2.75, 3.05) is 6.54 Å². The lowest BCUT2D eigenvalue weighted by Gasteiger charge is -2.09. The number of fused-ring (bicyclic) bond motifs is 2. The molecule has 4 aromatic rings. The van der Waals surface area contributed by atoms with Crippen LogP contribution in [-0.2, 0) is 6.42 Å². The van der Waals surface area contributed by atoms with Gasteiger partial charge in [-0.05, 0) is 56.5 Å². The summed E-state index contributed by atoms with van der Waals surface area (Å²) in [6, 6.07) is 12.2. The summed E-state index contributed by atoms with van der Waals surface area (Å²) in [4.78, 5) is 7.80. The predicted octanol–water partition coefficient (Wildman–Crippen LogP) is 5.25. The van der Waals surface area contributed by atoms with E-state index in [0.29, 0.717) is 23.9 Å². The number of unbranched alkanes of at least 4 members (excludes halogenated alkanes) is 1. The largest absolute Gasteiger partial charge is 0.352 e. The van der Waals surface area contributed by atoms with Crippen LogP contribution in [-0.4, -0.2) is 16.5 Å². The molecule has 0 amide bonds. The maximum atomic E-state index is 14.4. The standard InChI is InChI=1S/C22H21F2N3/c1-13-8-9-15-16(6-4-7-20(15)26-13)21-17(5-2-3-10-25)18-11-14(23)12-19(24)22(18)27-21/h4,6-9,11-12,27H,2-3,5,10,25H2,1H3. The number of hydrogen-bond acceptors (Lipinski definition) is 2. The molecule has 3 nitrogen and oxygen atoms in total. The Morgan fingerprint density at radius 1 is 1.04 bits per heavy atom. The van der Waals surface area contributed by atoms with Crippen molar-refractivity contribution >= 4 is 21.8 Å². The lowest BCUT2D eigenvalue weighted by atomic mass is 9.97. The molecular formula is C22H21F2N3. The van der Waals surface area contributed by atoms with Crippen LogP contribution in [0.2, 0.25) is 0 Å². The van der Waals surface area contributed by atoms with Gasteiger partial charge in [0.05, 0.1) is 16.7 Å². The van der Waals surface area contributed by atoms with Gasteiger partial charge >= 0.3 is 0 Å². The third-order valence-electron chi connectivity index (χ3n) is 4.95. The molecular weight excluding hydrogens is 344 g/mol. The fraction of sp³-hybridized carbons (Fsp3) is 0.227. The first-order valence-electron chi connectivity index (χ1n) is 9.15. The van der Waals surface area contributed by atoms with Crippen LogP contribution < -0.4 is 5.73 Å². The number of nitrogens with zero attached hydrogens (tertiary/aromatic N) is 1. The fourth-order valence-electron chi connectivity index (χ4n) is 3.68. The van der Waals surface area contributed by atoms with Gasteiger partial charge in [-0.15, -0.1) is 0 Å². The monoisotopic (exact) mass is 365 g/mol. The Labute approximate surface area is 156 Å². The molecule has 0 saturated carbocycles. The lowest BCUT2D eigenvalue weighted by Crippen LogP contribution is -1.99. The Bertz CT molecular complexity index is 1130. The molecule has 0 aliphatic rings. The van der Waals surface area contributed by atoms with Gasteiger partial charge in [0.15, 0.2) is 0 Å². The summed E-state index contributed by atoms with van der Waals surface area (Å²) < 4.78 is 28.3. The number of nitrogens with two attached hydrogens (primary N) is 1. The first kappa shape index (κ1) is 17.6. The number of aromatic nitrogens is 2. The van der Waals surface area contributed by atoms with E-state index in [1.165, 1.54) is 6.07 Å². The number of nitrogens with one attached hydrogen (secondary N) is 1. The maximum Gasteiger partial charge on any atom is 0.150 e. The van der Waals surface area contributed by atoms with Crippen molar-refractivity contribution in [3.63, 3.8) is 0 Å². The van der Waals surface area contributed by atoms with Crippen LogP contribution in [0.1, 0.15) is 24.1 Å². The summed E-state index contributed by atoms with van der Waals surface area (Å²) in [5, 5.41) is 1.58. The molecule has 27 heavy (non-hydrogen) atoms. The Kier molecular flexibility index (Phi) is 4.62. The number of H-pyrrole nitrogens is 1. The van der Waals surface area contributed by atoms with Crippen molar-refractivity contribution in [3.8, 4) is 11.3 Å². The quantitative estimate of drug-likeness (QED) is 0.475. The minimum Gasteiger partial charge on any atom is -0.352 e. The lowest BCUT2D eigenvalue weighted by molar-refractivity contribution is 0.591. The summed E-state index contributed by atoms with van der Waals surface area (Å²) in [5.74, 6) is -1.15. The molecule has 0 bridgehead atoms. The van der Waals surface area contributed by atoms with E-state index in [0.717, 1.165) is 52.3 Å².